The average Bonchev–Trinajstić information content (AvgIpc) is 2.34. The number of halogens is 1. The van der Waals surface area contributed by atoms with Crippen molar-refractivity contribution in [3.63, 3.8) is 0 Å². The van der Waals surface area contributed by atoms with Crippen molar-refractivity contribution in [2.24, 2.45) is 0 Å². The van der Waals surface area contributed by atoms with E-state index < -0.39 is 0 Å². The number of benzene rings is 2. The quantitative estimate of drug-likeness (QED) is 0.842. The van der Waals surface area contributed by atoms with E-state index in [-0.39, 0.29) is 5.82 Å². The van der Waals surface area contributed by atoms with E-state index in [2.05, 4.69) is 38.2 Å². The number of aryl methyl sites for hydroxylation is 4. The molecule has 0 saturated carbocycles. The molecular formula is C17H20FN. The van der Waals surface area contributed by atoms with Crippen LogP contribution in [0, 0.1) is 33.5 Å². The van der Waals surface area contributed by atoms with Gasteiger partial charge in [-0.2, -0.15) is 0 Å². The molecule has 0 aliphatic rings. The van der Waals surface area contributed by atoms with Gasteiger partial charge in [0.15, 0.2) is 0 Å². The second kappa shape index (κ2) is 5.43. The molecule has 2 rings (SSSR count). The van der Waals surface area contributed by atoms with Gasteiger partial charge in [0.05, 0.1) is 5.69 Å². The van der Waals surface area contributed by atoms with E-state index >= 15 is 0 Å². The third-order valence-corrected chi connectivity index (χ3v) is 3.55. The minimum Gasteiger partial charge on any atom is -0.379 e. The lowest BCUT2D eigenvalue weighted by atomic mass is 10.0. The van der Waals surface area contributed by atoms with E-state index in [0.29, 0.717) is 12.2 Å². The van der Waals surface area contributed by atoms with E-state index in [1.165, 1.54) is 22.3 Å². The number of anilines is 1. The normalized spacial score (nSPS) is 10.6. The van der Waals surface area contributed by atoms with Gasteiger partial charge < -0.3 is 5.32 Å². The van der Waals surface area contributed by atoms with Crippen molar-refractivity contribution in [2.45, 2.75) is 34.2 Å². The highest BCUT2D eigenvalue weighted by atomic mass is 19.1. The van der Waals surface area contributed by atoms with Gasteiger partial charge in [-0.1, -0.05) is 18.2 Å². The summed E-state index contributed by atoms with van der Waals surface area (Å²) in [7, 11) is 0. The van der Waals surface area contributed by atoms with Gasteiger partial charge in [0.25, 0.3) is 0 Å². The molecule has 0 bridgehead atoms. The summed E-state index contributed by atoms with van der Waals surface area (Å²) < 4.78 is 13.7. The minimum atomic E-state index is -0.193. The fourth-order valence-corrected chi connectivity index (χ4v) is 2.16. The molecule has 0 aromatic heterocycles. The molecule has 1 N–H and O–H groups in total. The summed E-state index contributed by atoms with van der Waals surface area (Å²) in [5, 5.41) is 3.17. The second-order valence-electron chi connectivity index (χ2n) is 5.20. The van der Waals surface area contributed by atoms with E-state index in [4.69, 9.17) is 0 Å². The van der Waals surface area contributed by atoms with Crippen molar-refractivity contribution in [2.75, 3.05) is 5.32 Å². The van der Waals surface area contributed by atoms with Gasteiger partial charge in [0.1, 0.15) is 5.82 Å². The molecule has 0 radical (unpaired) electrons. The maximum atomic E-state index is 13.7. The number of hydrogen-bond acceptors (Lipinski definition) is 1. The van der Waals surface area contributed by atoms with Crippen molar-refractivity contribution < 1.29 is 4.39 Å². The molecule has 0 atom stereocenters. The summed E-state index contributed by atoms with van der Waals surface area (Å²) in [6.45, 7) is 8.84. The van der Waals surface area contributed by atoms with Gasteiger partial charge in [-0.3, -0.25) is 0 Å². The standard InChI is InChI=1S/C17H20FN/c1-11-5-6-17(16(18)7-11)19-10-15-9-13(3)12(2)8-14(15)4/h5-9,19H,10H2,1-4H3. The van der Waals surface area contributed by atoms with Crippen LogP contribution in [0.15, 0.2) is 30.3 Å². The third-order valence-electron chi connectivity index (χ3n) is 3.55. The fraction of sp³-hybridized carbons (Fsp3) is 0.294. The van der Waals surface area contributed by atoms with Crippen LogP contribution in [-0.2, 0) is 6.54 Å². The second-order valence-corrected chi connectivity index (χ2v) is 5.20. The molecule has 0 heterocycles. The summed E-state index contributed by atoms with van der Waals surface area (Å²) in [6, 6.07) is 9.61. The number of rotatable bonds is 3. The van der Waals surface area contributed by atoms with Crippen molar-refractivity contribution in [1.29, 1.82) is 0 Å². The van der Waals surface area contributed by atoms with E-state index in [0.717, 1.165) is 5.56 Å². The van der Waals surface area contributed by atoms with Crippen LogP contribution in [0.25, 0.3) is 0 Å². The van der Waals surface area contributed by atoms with E-state index in [1.807, 2.05) is 13.0 Å². The number of nitrogens with one attached hydrogen (secondary N) is 1. The Kier molecular flexibility index (Phi) is 3.89. The molecule has 0 saturated heterocycles. The van der Waals surface area contributed by atoms with E-state index in [9.17, 15) is 4.39 Å². The van der Waals surface area contributed by atoms with Crippen LogP contribution in [0.1, 0.15) is 27.8 Å². The SMILES string of the molecule is Cc1ccc(NCc2cc(C)c(C)cc2C)c(F)c1. The van der Waals surface area contributed by atoms with Gasteiger partial charge in [-0.15, -0.1) is 0 Å². The fourth-order valence-electron chi connectivity index (χ4n) is 2.16. The van der Waals surface area contributed by atoms with Gasteiger partial charge in [0, 0.05) is 6.54 Å². The van der Waals surface area contributed by atoms with Crippen LogP contribution in [0.2, 0.25) is 0 Å². The van der Waals surface area contributed by atoms with Crippen LogP contribution < -0.4 is 5.32 Å². The molecular weight excluding hydrogens is 237 g/mol. The Morgan fingerprint density at radius 3 is 2.26 bits per heavy atom. The van der Waals surface area contributed by atoms with Gasteiger partial charge in [0.2, 0.25) is 0 Å². The molecule has 19 heavy (non-hydrogen) atoms. The zero-order chi connectivity index (χ0) is 14.0. The molecule has 0 spiro atoms. The van der Waals surface area contributed by atoms with Crippen LogP contribution >= 0.6 is 0 Å². The summed E-state index contributed by atoms with van der Waals surface area (Å²) in [6.07, 6.45) is 0. The zero-order valence-electron chi connectivity index (χ0n) is 12.0. The molecule has 0 aliphatic carbocycles. The lowest BCUT2D eigenvalue weighted by molar-refractivity contribution is 0.629. The van der Waals surface area contributed by atoms with Gasteiger partial charge in [-0.25, -0.2) is 4.39 Å². The predicted molar refractivity (Wildman–Crippen MR) is 79.1 cm³/mol. The largest absolute Gasteiger partial charge is 0.379 e. The zero-order valence-corrected chi connectivity index (χ0v) is 12.0. The maximum Gasteiger partial charge on any atom is 0.146 e. The highest BCUT2D eigenvalue weighted by Gasteiger charge is 2.05. The average molecular weight is 257 g/mol. The van der Waals surface area contributed by atoms with Crippen LogP contribution in [-0.4, -0.2) is 0 Å². The summed E-state index contributed by atoms with van der Waals surface area (Å²) in [4.78, 5) is 0. The smallest absolute Gasteiger partial charge is 0.146 e. The predicted octanol–water partition coefficient (Wildman–Crippen LogP) is 4.67. The summed E-state index contributed by atoms with van der Waals surface area (Å²) in [5.41, 5.74) is 6.51. The topological polar surface area (TPSA) is 12.0 Å². The molecule has 0 amide bonds. The molecule has 2 aromatic carbocycles. The minimum absolute atomic E-state index is 0.193. The Hall–Kier alpha value is -1.83. The Bertz CT molecular complexity index is 602. The molecule has 0 unspecified atom stereocenters. The van der Waals surface area contributed by atoms with Crippen LogP contribution in [0.5, 0.6) is 0 Å². The molecule has 0 aliphatic heterocycles. The van der Waals surface area contributed by atoms with Crippen molar-refractivity contribution in [3.8, 4) is 0 Å². The van der Waals surface area contributed by atoms with Crippen molar-refractivity contribution in [3.05, 3.63) is 64.0 Å². The first-order valence-corrected chi connectivity index (χ1v) is 6.54. The Balaban J connectivity index is 2.16. The molecule has 1 nitrogen and oxygen atoms in total. The van der Waals surface area contributed by atoms with Crippen molar-refractivity contribution >= 4 is 5.69 Å². The highest BCUT2D eigenvalue weighted by Crippen LogP contribution is 2.19. The van der Waals surface area contributed by atoms with Gasteiger partial charge >= 0.3 is 0 Å². The molecule has 2 aromatic rings. The first kappa shape index (κ1) is 13.6. The Morgan fingerprint density at radius 2 is 1.58 bits per heavy atom. The highest BCUT2D eigenvalue weighted by molar-refractivity contribution is 5.47. The van der Waals surface area contributed by atoms with Crippen molar-refractivity contribution in [1.82, 2.24) is 0 Å². The van der Waals surface area contributed by atoms with Crippen LogP contribution in [0.4, 0.5) is 10.1 Å². The lowest BCUT2D eigenvalue weighted by Gasteiger charge is -2.12. The number of hydrogen-bond donors (Lipinski definition) is 1. The molecule has 2 heteroatoms. The van der Waals surface area contributed by atoms with Crippen LogP contribution in [0.3, 0.4) is 0 Å². The monoisotopic (exact) mass is 257 g/mol. The Labute approximate surface area is 114 Å². The summed E-state index contributed by atoms with van der Waals surface area (Å²) >= 11 is 0. The Morgan fingerprint density at radius 1 is 0.895 bits per heavy atom. The first-order valence-electron chi connectivity index (χ1n) is 6.54. The maximum absolute atomic E-state index is 13.7. The first-order chi connectivity index (χ1) is 8.97. The van der Waals surface area contributed by atoms with E-state index in [1.54, 1.807) is 12.1 Å². The molecule has 100 valence electrons. The summed E-state index contributed by atoms with van der Waals surface area (Å²) in [5.74, 6) is -0.193. The lowest BCUT2D eigenvalue weighted by Crippen LogP contribution is -2.04. The third kappa shape index (κ3) is 3.14. The molecule has 0 fully saturated rings. The van der Waals surface area contributed by atoms with Gasteiger partial charge in [-0.05, 0) is 67.6 Å².